The molecule has 0 spiro atoms. The van der Waals surface area contributed by atoms with Gasteiger partial charge in [-0.05, 0) is 131 Å². The number of aromatic nitrogens is 1. The van der Waals surface area contributed by atoms with Crippen molar-refractivity contribution in [3.8, 4) is 5.75 Å². The summed E-state index contributed by atoms with van der Waals surface area (Å²) in [7, 11) is 10.2. The number of para-hydroxylation sites is 1. The lowest BCUT2D eigenvalue weighted by Gasteiger charge is -2.42. The molecule has 0 saturated carbocycles. The summed E-state index contributed by atoms with van der Waals surface area (Å²) in [6, 6.07) is 13.9. The number of likely N-dealkylation sites (N-methyl/N-ethyl adjacent to an activating group) is 1. The number of unbranched alkanes of at least 4 members (excludes halogenated alkanes) is 1. The van der Waals surface area contributed by atoms with E-state index in [0.29, 0.717) is 35.4 Å². The van der Waals surface area contributed by atoms with Crippen molar-refractivity contribution in [2.75, 3.05) is 69.3 Å². The van der Waals surface area contributed by atoms with Gasteiger partial charge in [0, 0.05) is 104 Å². The Morgan fingerprint density at radius 1 is 0.812 bits per heavy atom. The van der Waals surface area contributed by atoms with E-state index in [4.69, 9.17) is 46.8 Å². The number of hydrogen-bond donors (Lipinski definition) is 15. The molecule has 34 nitrogen and oxygen atoms in total. The van der Waals surface area contributed by atoms with Crippen molar-refractivity contribution in [2.24, 2.45) is 17.4 Å². The normalized spacial score (nSPS) is 26.1. The number of allylic oxidation sites excluding steroid dienone is 3. The number of fused-ring (bicyclic) bond motifs is 7. The van der Waals surface area contributed by atoms with E-state index in [1.54, 1.807) is 80.7 Å². The van der Waals surface area contributed by atoms with Gasteiger partial charge in [0.1, 0.15) is 83.0 Å². The predicted molar refractivity (Wildman–Crippen MR) is 494 cm³/mol. The number of aliphatic hydroxyl groups is 3. The fourth-order valence-electron chi connectivity index (χ4n) is 15.3. The van der Waals surface area contributed by atoms with Crippen LogP contribution in [0, 0.1) is 5.92 Å². The quantitative estimate of drug-likeness (QED) is 0.0129. The van der Waals surface area contributed by atoms with Crippen molar-refractivity contribution >= 4 is 164 Å². The number of hydrogen-bond acceptors (Lipinski definition) is 27. The molecule has 4 aromatic carbocycles. The van der Waals surface area contributed by atoms with Crippen LogP contribution in [0.3, 0.4) is 0 Å². The average molecular weight is 1880 g/mol. The third-order valence-corrected chi connectivity index (χ3v) is 29.2. The number of thiophene rings is 1. The topological polar surface area (TPSA) is 498 Å². The van der Waals surface area contributed by atoms with Crippen LogP contribution in [-0.4, -0.2) is 263 Å². The molecule has 10 rings (SSSR count). The fourth-order valence-corrected chi connectivity index (χ4v) is 20.8. The Kier molecular flexibility index (Phi) is 36.8. The number of epoxide rings is 1. The molecule has 0 aliphatic carbocycles. The molecule has 17 N–H and O–H groups in total. The average Bonchev–Trinajstić information content (AvgIpc) is 1.57. The molecule has 128 heavy (non-hydrogen) atoms. The minimum atomic E-state index is -1.94. The van der Waals surface area contributed by atoms with Gasteiger partial charge in [-0.2, -0.15) is 0 Å². The Labute approximate surface area is 767 Å². The largest absolute Gasteiger partial charge is 0.495 e. The second kappa shape index (κ2) is 46.9. The SMILES string of the molecule is COc1cc2cc(c1Cl)N(C)C(=O)C[C@H](OC(=O)[C@H](C)N(C)C(=O)CCSSCCNC(=O)[C@@H](NC(=O)[C@@H]1CSSC[C@H](NC(=O)[C@H](N)Cc3ccccc3)C(=O)N[C@@H](Cc3csc4ccccc34)C(=O)N[C@H](Cc3c[nH]c4ccccc34)C(=O)N[C@@H](CCCCN)C(=O)NC([C@@H](C)O)C(=O)N1)[C@@H](C)O)[C@]1(C)O[C@H]1[C@H](C)[C@@H]1C[C@@](O)(NC(=O)O1)[C@H](OC)/C=C/C=C(\C)C2. The van der Waals surface area contributed by atoms with Crippen LogP contribution in [0.2, 0.25) is 5.02 Å². The molecular formula is C88H115ClN14O20S5. The summed E-state index contributed by atoms with van der Waals surface area (Å²) in [4.78, 5) is 180. The van der Waals surface area contributed by atoms with E-state index in [1.807, 2.05) is 60.8 Å². The van der Waals surface area contributed by atoms with Crippen LogP contribution in [0.1, 0.15) is 102 Å². The molecule has 40 heteroatoms. The molecule has 6 aromatic rings. The van der Waals surface area contributed by atoms with Gasteiger partial charge in [-0.25, -0.2) is 9.59 Å². The van der Waals surface area contributed by atoms with Crippen LogP contribution in [0.4, 0.5) is 10.5 Å². The number of nitrogens with one attached hydrogen (secondary N) is 10. The van der Waals surface area contributed by atoms with Crippen LogP contribution < -0.4 is 69.0 Å². The lowest BCUT2D eigenvalue weighted by Crippen LogP contribution is -2.63. The molecule has 2 aromatic heterocycles. The number of rotatable bonds is 29. The number of carbonyl (C=O) groups is 12. The van der Waals surface area contributed by atoms with Gasteiger partial charge in [0.2, 0.25) is 59.1 Å². The molecule has 4 bridgehead atoms. The highest BCUT2D eigenvalue weighted by Crippen LogP contribution is 2.50. The molecule has 1 unspecified atom stereocenters. The van der Waals surface area contributed by atoms with Gasteiger partial charge in [0.25, 0.3) is 0 Å². The summed E-state index contributed by atoms with van der Waals surface area (Å²) in [5, 5.41) is 62.3. The summed E-state index contributed by atoms with van der Waals surface area (Å²) >= 11 is 8.31. The number of ether oxygens (including phenoxy) is 5. The second-order valence-electron chi connectivity index (χ2n) is 32.5. The summed E-state index contributed by atoms with van der Waals surface area (Å²) < 4.78 is 30.6. The lowest BCUT2D eigenvalue weighted by molar-refractivity contribution is -0.162. The molecule has 11 amide bonds. The number of amides is 11. The maximum absolute atomic E-state index is 15.3. The summed E-state index contributed by atoms with van der Waals surface area (Å²) in [6.45, 7) is 9.39. The minimum Gasteiger partial charge on any atom is -0.495 e. The molecule has 0 radical (unpaired) electrons. The van der Waals surface area contributed by atoms with Crippen LogP contribution in [0.5, 0.6) is 5.75 Å². The Morgan fingerprint density at radius 3 is 2.18 bits per heavy atom. The van der Waals surface area contributed by atoms with E-state index < -0.39 is 186 Å². The zero-order chi connectivity index (χ0) is 92.8. The van der Waals surface area contributed by atoms with Crippen LogP contribution in [0.15, 0.2) is 126 Å². The summed E-state index contributed by atoms with van der Waals surface area (Å²) in [6.07, 6.45) is -1.27. The molecule has 4 aliphatic heterocycles. The number of alkyl carbamates (subject to hydrolysis) is 1. The van der Waals surface area contributed by atoms with E-state index >= 15 is 14.4 Å². The van der Waals surface area contributed by atoms with E-state index in [1.165, 1.54) is 91.8 Å². The first-order valence-electron chi connectivity index (χ1n) is 42.1. The lowest BCUT2D eigenvalue weighted by atomic mass is 9.83. The molecular weight excluding hydrogens is 1770 g/mol. The maximum Gasteiger partial charge on any atom is 0.409 e. The van der Waals surface area contributed by atoms with Crippen molar-refractivity contribution in [2.45, 2.75) is 208 Å². The van der Waals surface area contributed by atoms with E-state index in [-0.39, 0.29) is 86.1 Å². The first-order valence-corrected chi connectivity index (χ1v) is 48.4. The zero-order valence-electron chi connectivity index (χ0n) is 72.8. The number of methoxy groups -OCH3 is 2. The number of esters is 1. The third-order valence-electron chi connectivity index (χ3n) is 23.0. The number of anilines is 1. The van der Waals surface area contributed by atoms with Crippen molar-refractivity contribution in [1.82, 2.24) is 57.7 Å². The van der Waals surface area contributed by atoms with Crippen molar-refractivity contribution in [1.29, 1.82) is 0 Å². The Balaban J connectivity index is 0.810. The number of halogens is 1. The van der Waals surface area contributed by atoms with Crippen molar-refractivity contribution in [3.05, 3.63) is 154 Å². The second-order valence-corrected chi connectivity index (χ2v) is 39.1. The number of H-pyrrole nitrogens is 1. The molecule has 4 aliphatic rings. The van der Waals surface area contributed by atoms with Gasteiger partial charge < -0.3 is 108 Å². The van der Waals surface area contributed by atoms with Crippen LogP contribution in [-0.2, 0) is 97.4 Å². The van der Waals surface area contributed by atoms with Gasteiger partial charge in [0.05, 0.1) is 43.6 Å². The van der Waals surface area contributed by atoms with Crippen molar-refractivity contribution in [3.63, 3.8) is 0 Å². The van der Waals surface area contributed by atoms with Gasteiger partial charge >= 0.3 is 12.1 Å². The fraction of sp³-hybridized carbons (Fsp3) is 0.500. The number of nitrogens with zero attached hydrogens (tertiary/aromatic N) is 2. The van der Waals surface area contributed by atoms with Crippen molar-refractivity contribution < 1.29 is 96.5 Å². The van der Waals surface area contributed by atoms with Gasteiger partial charge in [-0.1, -0.05) is 152 Å². The first-order chi connectivity index (χ1) is 61.0. The monoisotopic (exact) mass is 1880 g/mol. The Bertz CT molecular complexity index is 5010. The molecule has 694 valence electrons. The molecule has 6 heterocycles. The maximum atomic E-state index is 15.3. The van der Waals surface area contributed by atoms with Gasteiger partial charge in [-0.3, -0.25) is 53.3 Å². The number of aliphatic hydroxyl groups excluding tert-OH is 2. The summed E-state index contributed by atoms with van der Waals surface area (Å²) in [5.74, 6) is -9.53. The number of aromatic amines is 1. The highest BCUT2D eigenvalue weighted by atomic mass is 35.5. The highest BCUT2D eigenvalue weighted by molar-refractivity contribution is 8.77. The zero-order valence-corrected chi connectivity index (χ0v) is 77.7. The smallest absolute Gasteiger partial charge is 0.409 e. The number of nitrogens with two attached hydrogens (primary N) is 2. The minimum absolute atomic E-state index is 0.0321. The summed E-state index contributed by atoms with van der Waals surface area (Å²) in [5.41, 5.74) is 13.8. The Morgan fingerprint density at radius 2 is 1.48 bits per heavy atom. The third kappa shape index (κ3) is 26.7. The first kappa shape index (κ1) is 101. The van der Waals surface area contributed by atoms with E-state index in [2.05, 4.69) is 52.8 Å². The standard InChI is InChI=1S/C88H115ClN14O20S5/c1-47-21-20-29-69(120-10)88(118)42-67(121-86(117)101-88)48(2)76-87(6,123-76)70(41-72(107)103(8)65-37-53(35-47)38-66(119-9)73(65)89)122-85(116)49(3)102(7)71(106)30-33-125-126-34-32-92-83(114)74(50(4)104)99-82(113)64-46-128-127-45-63(97-77(108)58(91)36-52-22-12-11-13-23-52)81(112)96-62(40-55-44-124-68-28-17-15-25-57(55)68)80(111)95-61(39-54-43-93-59-26-16-14-24-56(54)59)79(110)94-60(27-18-19-31-90)78(109)100-75(51(5)105)84(115)98-64/h11-17,20-26,28-29,37-38,43-44,48-51,58,60-64,67,69-70,74-76,93,104-105,118H,18-19,27,30-36,39-42,45-46,90-91H2,1-10H3,(H,92,114)(H,94,110)(H,95,111)(H,96,112)(H,97,108)(H,98,115)(H,99,113)(H,100,109)(H,101,117)/b29-20+,47-21+/t48-,49+,50-,51-,58-,60+,61-,62+,63+,64+,67+,69-,70+,74+,75?,76+,87+,88+/m1/s1. The van der Waals surface area contributed by atoms with Crippen LogP contribution >= 0.6 is 66.1 Å². The molecule has 3 saturated heterocycles. The molecule has 18 atom stereocenters. The number of benzene rings is 4. The Hall–Kier alpha value is -9.49. The highest BCUT2D eigenvalue weighted by Gasteiger charge is 2.65. The molecule has 3 fully saturated rings. The van der Waals surface area contributed by atoms with E-state index in [0.717, 1.165) is 59.3 Å². The van der Waals surface area contributed by atoms with Gasteiger partial charge in [-0.15, -0.1) is 11.3 Å². The number of carbonyl (C=O) groups excluding carboxylic acids is 12. The van der Waals surface area contributed by atoms with Crippen LogP contribution in [0.25, 0.3) is 21.0 Å². The van der Waals surface area contributed by atoms with Gasteiger partial charge in [0.15, 0.2) is 5.72 Å². The predicted octanol–water partition coefficient (Wildman–Crippen LogP) is 4.83. The van der Waals surface area contributed by atoms with E-state index in [9.17, 15) is 58.5 Å².